The van der Waals surface area contributed by atoms with Crippen LogP contribution in [0.5, 0.6) is 0 Å². The first-order chi connectivity index (χ1) is 70.7. The molecule has 12 heteroatoms. The van der Waals surface area contributed by atoms with Crippen LogP contribution in [-0.2, 0) is 28.2 Å². The number of nitrogens with zero attached hydrogens (tertiary/aromatic N) is 8. The predicted molar refractivity (Wildman–Crippen MR) is 533 cm³/mol. The van der Waals surface area contributed by atoms with E-state index in [1.54, 1.807) is 107 Å². The summed E-state index contributed by atoms with van der Waals surface area (Å²) in [6.45, 7) is 39.3. The highest BCUT2D eigenvalue weighted by Crippen LogP contribution is 2.51. The van der Waals surface area contributed by atoms with E-state index in [4.69, 9.17) is 70.0 Å². The van der Waals surface area contributed by atoms with Gasteiger partial charge in [-0.25, -0.2) is 19.4 Å². The number of hydrogen-bond acceptors (Lipinski definition) is 4. The third-order valence-electron chi connectivity index (χ3n) is 25.3. The van der Waals surface area contributed by atoms with E-state index >= 15 is 0 Å². The molecule has 0 amide bonds. The summed E-state index contributed by atoms with van der Waals surface area (Å²) in [6, 6.07) is 70.3. The maximum Gasteiger partial charge on any atom is 0.237 e. The third-order valence-corrected chi connectivity index (χ3v) is 25.3. The molecule has 20 rings (SSSR count). The lowest BCUT2D eigenvalue weighted by Crippen LogP contribution is -2.36. The molecule has 8 heterocycles. The molecule has 0 aliphatic rings. The van der Waals surface area contributed by atoms with E-state index in [-0.39, 0.29) is 63.4 Å². The molecule has 130 heavy (non-hydrogen) atoms. The zero-order valence-corrected chi connectivity index (χ0v) is 75.0. The minimum atomic E-state index is -2.91. The summed E-state index contributed by atoms with van der Waals surface area (Å²) in [6.07, 6.45) is 0. The standard InChI is InChI=1S/C31H29N2O.3C29H25N2O/c1-18(2)26-17-27(33(7)21(5)20(26)4)28-19(3)13-14-24-25-16-15-23(22-11-9-8-10-12-22)29(32-6)31(25)34-30(24)28;1-17-16-25(31(6)20(4)19(17)3)26-18(2)15-23(21-11-8-7-9-12-21)27-22-13-10-14-24(30-5)28(22)32-29(26)27;1-17-12-13-23-24-15-22(21-10-8-7-9-11-21)16-25(30-5)28(24)32-29(23)27(17)26-14-18(2)19(3)20(4)31(26)6;1-17-12-13-23-27-22(21-10-8-7-9-11-21)14-15-24(30-5)29(27)32-28(23)26(17)25-16-18(2)19(3)20(4)31(25)6/h8-18H,1-5,7H3;3*7-16H,1-4,6H3/q4*+1/i1D3,4D3,17D,18D;3D3,16D;3D3,14D;3D3,16D. The Morgan fingerprint density at radius 2 is 0.677 bits per heavy atom. The summed E-state index contributed by atoms with van der Waals surface area (Å²) in [7, 11) is 6.99. The molecule has 0 saturated heterocycles. The number of aryl methyl sites for hydroxylation is 4. The van der Waals surface area contributed by atoms with Crippen LogP contribution in [0.1, 0.15) is 137 Å². The van der Waals surface area contributed by atoms with E-state index in [2.05, 4.69) is 25.4 Å². The second-order valence-electron chi connectivity index (χ2n) is 33.1. The van der Waals surface area contributed by atoms with Gasteiger partial charge >= 0.3 is 0 Å². The first kappa shape index (κ1) is 65.0. The molecule has 12 aromatic carbocycles. The van der Waals surface area contributed by atoms with Crippen LogP contribution in [0.25, 0.3) is 197 Å². The van der Waals surface area contributed by atoms with Crippen LogP contribution < -0.4 is 18.3 Å². The van der Waals surface area contributed by atoms with Crippen molar-refractivity contribution in [3.63, 3.8) is 0 Å². The number of para-hydroxylation sites is 1. The van der Waals surface area contributed by atoms with Crippen molar-refractivity contribution in [3.05, 3.63) is 378 Å². The normalized spacial score (nSPS) is 14.5. The number of fused-ring (bicyclic) bond motifs is 12. The van der Waals surface area contributed by atoms with E-state index in [1.807, 2.05) is 228 Å². The first-order valence-electron chi connectivity index (χ1n) is 52.4. The van der Waals surface area contributed by atoms with Gasteiger partial charge < -0.3 is 17.7 Å². The van der Waals surface area contributed by atoms with Crippen molar-refractivity contribution in [2.24, 2.45) is 28.2 Å². The van der Waals surface area contributed by atoms with Gasteiger partial charge in [0.1, 0.15) is 72.9 Å². The number of hydrogen-bond donors (Lipinski definition) is 0. The summed E-state index contributed by atoms with van der Waals surface area (Å²) in [5.74, 6) is -2.39. The van der Waals surface area contributed by atoms with Gasteiger partial charge in [-0.1, -0.05) is 214 Å². The molecule has 0 fully saturated rings. The van der Waals surface area contributed by atoms with Gasteiger partial charge in [0.05, 0.1) is 54.0 Å². The van der Waals surface area contributed by atoms with Crippen LogP contribution >= 0.6 is 0 Å². The molecular formula is C118H104N8O4+4. The van der Waals surface area contributed by atoms with E-state index in [1.165, 1.54) is 0 Å². The molecule has 8 aromatic heterocycles. The summed E-state index contributed by atoms with van der Waals surface area (Å²) in [5, 5.41) is 6.49. The van der Waals surface area contributed by atoms with Crippen LogP contribution in [0.2, 0.25) is 0 Å². The van der Waals surface area contributed by atoms with Gasteiger partial charge in [-0.05, 0) is 189 Å². The fourth-order valence-corrected chi connectivity index (χ4v) is 17.8. The molecule has 0 saturated carbocycles. The highest BCUT2D eigenvalue weighted by atomic mass is 16.3. The van der Waals surface area contributed by atoms with Gasteiger partial charge in [0.25, 0.3) is 0 Å². The average Bonchev–Trinajstić information content (AvgIpc) is 1.28. The van der Waals surface area contributed by atoms with E-state index < -0.39 is 40.2 Å². The van der Waals surface area contributed by atoms with Crippen LogP contribution in [0.3, 0.4) is 0 Å². The molecular weight excluding hydrogens is 1590 g/mol. The Kier molecular flexibility index (Phi) is 17.3. The van der Waals surface area contributed by atoms with Crippen molar-refractivity contribution in [2.75, 3.05) is 0 Å². The summed E-state index contributed by atoms with van der Waals surface area (Å²) >= 11 is 0. The molecule has 0 radical (unpaired) electrons. The molecule has 0 spiro atoms. The Morgan fingerprint density at radius 1 is 0.300 bits per heavy atom. The lowest BCUT2D eigenvalue weighted by molar-refractivity contribution is -0.667. The molecule has 0 bridgehead atoms. The number of rotatable bonds is 9. The number of benzene rings is 12. The topological polar surface area (TPSA) is 85.5 Å². The van der Waals surface area contributed by atoms with Crippen LogP contribution in [-0.4, -0.2) is 0 Å². The van der Waals surface area contributed by atoms with E-state index in [0.29, 0.717) is 146 Å². The third kappa shape index (κ3) is 14.8. The Labute approximate surface area is 788 Å². The van der Waals surface area contributed by atoms with Gasteiger partial charge in [-0.3, -0.25) is 0 Å². The van der Waals surface area contributed by atoms with Crippen molar-refractivity contribution in [1.82, 2.24) is 0 Å². The fraction of sp³-hybridized carbons (Fsp3) is 0.186. The Balaban J connectivity index is 0.000000136. The van der Waals surface area contributed by atoms with Crippen LogP contribution in [0.15, 0.2) is 260 Å². The zero-order valence-electron chi connectivity index (χ0n) is 95.0. The number of pyridine rings is 4. The minimum absolute atomic E-state index is 0.150. The summed E-state index contributed by atoms with van der Waals surface area (Å²) in [4.78, 5) is 15.0. The average molecular weight is 1720 g/mol. The fourth-order valence-electron chi connectivity index (χ4n) is 17.8. The van der Waals surface area contributed by atoms with Crippen molar-refractivity contribution < 1.29 is 63.4 Å². The SMILES string of the molecule is [2H]c1c(C([2H])(C)C([2H])([2H])[2H])c(C([2H])([2H])[2H])c(C)[n+](C)c1-c1c(C)ccc2c1oc1c([N+]#[C-])c(-c3ccccc3)ccc12.[2H]c1c(C)c(C([2H])([2H])[2H])c(C)[n+](C)c1-c1c(C)cc(-c2ccccc2)c2c1oc1c([N+]#[C-])cccc12.[2H]c1c(C)c(C([2H])([2H])[2H])c(C)[n+](C)c1-c1c(C)ccc2c1oc1c([N+]#[C-])cc(-c3ccccc3)cc12.[2H]c1c(C)c(C([2H])([2H])[2H])c(C)[n+](C)c1-c1c(C)ccc2c1oc1c([N+]#[C-])ccc(-c3ccccc3)c12. The van der Waals surface area contributed by atoms with Gasteiger partial charge in [0.2, 0.25) is 45.5 Å². The first-order valence-corrected chi connectivity index (χ1v) is 42.4. The second-order valence-corrected chi connectivity index (χ2v) is 33.1. The van der Waals surface area contributed by atoms with Crippen molar-refractivity contribution in [1.29, 1.82) is 0 Å². The minimum Gasteiger partial charge on any atom is -0.466 e. The Bertz CT molecular complexity index is 9130. The highest BCUT2D eigenvalue weighted by molar-refractivity contribution is 6.21. The monoisotopic (exact) mass is 1720 g/mol. The Morgan fingerprint density at radius 3 is 1.17 bits per heavy atom. The molecule has 0 N–H and O–H groups in total. The smallest absolute Gasteiger partial charge is 0.237 e. The number of furan rings is 4. The molecule has 1 unspecified atom stereocenters. The van der Waals surface area contributed by atoms with Crippen molar-refractivity contribution in [3.8, 4) is 89.5 Å². The van der Waals surface area contributed by atoms with Crippen molar-refractivity contribution in [2.45, 2.75) is 123 Å². The zero-order chi connectivity index (χ0) is 109. The largest absolute Gasteiger partial charge is 0.466 e. The Hall–Kier alpha value is -15.6. The van der Waals surface area contributed by atoms with E-state index in [0.717, 1.165) is 112 Å². The molecule has 20 aromatic rings. The summed E-state index contributed by atoms with van der Waals surface area (Å²) in [5.41, 5.74) is 24.4. The molecule has 0 aliphatic carbocycles. The van der Waals surface area contributed by atoms with E-state index in [9.17, 15) is 1.37 Å². The summed E-state index contributed by atoms with van der Waals surface area (Å²) < 4.78 is 199. The second kappa shape index (κ2) is 34.6. The predicted octanol–water partition coefficient (Wildman–Crippen LogP) is 30.9. The van der Waals surface area contributed by atoms with Gasteiger partial charge in [-0.2, -0.15) is 18.3 Å². The lowest BCUT2D eigenvalue weighted by Gasteiger charge is -2.14. The molecule has 636 valence electrons. The quantitative estimate of drug-likeness (QED) is 0.106. The van der Waals surface area contributed by atoms with Gasteiger partial charge in [0, 0.05) is 139 Å². The van der Waals surface area contributed by atoms with Crippen molar-refractivity contribution >= 4 is 111 Å². The molecule has 0 aliphatic heterocycles. The molecule has 12 nitrogen and oxygen atoms in total. The van der Waals surface area contributed by atoms with Crippen LogP contribution in [0, 0.1) is 130 Å². The maximum atomic E-state index is 9.28. The van der Waals surface area contributed by atoms with Gasteiger partial charge in [0.15, 0.2) is 22.8 Å². The highest BCUT2D eigenvalue weighted by Gasteiger charge is 2.33. The van der Waals surface area contributed by atoms with Gasteiger partial charge in [-0.15, -0.1) is 0 Å². The maximum absolute atomic E-state index is 9.28. The lowest BCUT2D eigenvalue weighted by atomic mass is 9.91. The van der Waals surface area contributed by atoms with Crippen LogP contribution in [0.4, 0.5) is 22.7 Å². The number of aromatic nitrogens is 4. The molecule has 1 atom stereocenters.